The summed E-state index contributed by atoms with van der Waals surface area (Å²) in [4.78, 5) is 11.0. The van der Waals surface area contributed by atoms with Gasteiger partial charge in [0, 0.05) is 12.8 Å². The van der Waals surface area contributed by atoms with Crippen LogP contribution in [0, 0.1) is 5.92 Å². The molecule has 0 spiro atoms. The number of carbonyl (C=O) groups is 1. The van der Waals surface area contributed by atoms with E-state index in [0.717, 1.165) is 18.4 Å². The van der Waals surface area contributed by atoms with E-state index in [0.29, 0.717) is 31.1 Å². The molecule has 1 heterocycles. The molecule has 21 heavy (non-hydrogen) atoms. The minimum absolute atomic E-state index is 0.125. The molecule has 1 unspecified atom stereocenters. The van der Waals surface area contributed by atoms with E-state index in [1.807, 2.05) is 18.2 Å². The summed E-state index contributed by atoms with van der Waals surface area (Å²) in [7, 11) is 1.58. The molecule has 1 fully saturated rings. The first kappa shape index (κ1) is 15.6. The van der Waals surface area contributed by atoms with Crippen LogP contribution < -0.4 is 9.47 Å². The summed E-state index contributed by atoms with van der Waals surface area (Å²) in [5.41, 5.74) is 0.858. The van der Waals surface area contributed by atoms with Crippen LogP contribution in [0.25, 0.3) is 0 Å². The van der Waals surface area contributed by atoms with Crippen molar-refractivity contribution in [2.45, 2.75) is 32.3 Å². The van der Waals surface area contributed by atoms with Crippen LogP contribution in [0.4, 0.5) is 0 Å². The predicted octanol–water partition coefficient (Wildman–Crippen LogP) is 2.52. The molecule has 1 saturated heterocycles. The molecule has 1 aromatic rings. The lowest BCUT2D eigenvalue weighted by atomic mass is 10.00. The minimum Gasteiger partial charge on any atom is -0.493 e. The summed E-state index contributed by atoms with van der Waals surface area (Å²) in [5.74, 6) is 0.0432. The number of carboxylic acids is 1. The Morgan fingerprint density at radius 3 is 2.76 bits per heavy atom. The van der Waals surface area contributed by atoms with Gasteiger partial charge < -0.3 is 19.3 Å². The van der Waals surface area contributed by atoms with Gasteiger partial charge in [0.1, 0.15) is 6.10 Å². The van der Waals surface area contributed by atoms with Crippen LogP contribution in [0.5, 0.6) is 11.5 Å². The van der Waals surface area contributed by atoms with Gasteiger partial charge in [0.2, 0.25) is 0 Å². The van der Waals surface area contributed by atoms with Crippen LogP contribution in [0.3, 0.4) is 0 Å². The molecule has 0 aromatic heterocycles. The van der Waals surface area contributed by atoms with Crippen LogP contribution in [0.2, 0.25) is 0 Å². The van der Waals surface area contributed by atoms with E-state index >= 15 is 0 Å². The molecule has 116 valence electrons. The number of benzene rings is 1. The van der Waals surface area contributed by atoms with Crippen molar-refractivity contribution < 1.29 is 24.1 Å². The molecule has 0 aliphatic carbocycles. The highest BCUT2D eigenvalue weighted by Crippen LogP contribution is 2.34. The fraction of sp³-hybridized carbons (Fsp3) is 0.562. The molecule has 0 radical (unpaired) electrons. The van der Waals surface area contributed by atoms with Crippen molar-refractivity contribution in [3.63, 3.8) is 0 Å². The van der Waals surface area contributed by atoms with Gasteiger partial charge in [-0.3, -0.25) is 4.79 Å². The standard InChI is InChI=1S/C16H22O5/c1-11(16(17)18)10-12-4-3-5-14(15(12)19-2)21-13-6-8-20-9-7-13/h3-5,11,13H,6-10H2,1-2H3,(H,17,18). The lowest BCUT2D eigenvalue weighted by Crippen LogP contribution is -2.26. The van der Waals surface area contributed by atoms with Crippen LogP contribution in [-0.2, 0) is 16.0 Å². The molecule has 1 aliphatic rings. The lowest BCUT2D eigenvalue weighted by Gasteiger charge is -2.25. The van der Waals surface area contributed by atoms with Crippen molar-refractivity contribution in [3.05, 3.63) is 23.8 Å². The number of carboxylic acid groups (broad SMARTS) is 1. The summed E-state index contributed by atoms with van der Waals surface area (Å²) < 4.78 is 16.8. The fourth-order valence-corrected chi connectivity index (χ4v) is 2.44. The quantitative estimate of drug-likeness (QED) is 0.873. The Balaban J connectivity index is 2.15. The first-order chi connectivity index (χ1) is 10.1. The highest BCUT2D eigenvalue weighted by Gasteiger charge is 2.20. The smallest absolute Gasteiger partial charge is 0.306 e. The summed E-state index contributed by atoms with van der Waals surface area (Å²) in [6.07, 6.45) is 2.26. The Kier molecular flexibility index (Phi) is 5.44. The van der Waals surface area contributed by atoms with Crippen molar-refractivity contribution in [3.8, 4) is 11.5 Å². The third kappa shape index (κ3) is 4.11. The van der Waals surface area contributed by atoms with E-state index in [1.54, 1.807) is 14.0 Å². The third-order valence-corrected chi connectivity index (χ3v) is 3.67. The second kappa shape index (κ2) is 7.31. The monoisotopic (exact) mass is 294 g/mol. The molecule has 1 N–H and O–H groups in total. The summed E-state index contributed by atoms with van der Waals surface area (Å²) in [5, 5.41) is 9.05. The molecule has 2 rings (SSSR count). The molecule has 0 bridgehead atoms. The Morgan fingerprint density at radius 1 is 1.43 bits per heavy atom. The second-order valence-corrected chi connectivity index (χ2v) is 5.32. The lowest BCUT2D eigenvalue weighted by molar-refractivity contribution is -0.141. The van der Waals surface area contributed by atoms with Gasteiger partial charge >= 0.3 is 5.97 Å². The average Bonchev–Trinajstić information content (AvgIpc) is 2.48. The normalized spacial score (nSPS) is 17.2. The van der Waals surface area contributed by atoms with E-state index in [-0.39, 0.29) is 6.10 Å². The number of aliphatic carboxylic acids is 1. The molecular formula is C16H22O5. The molecule has 5 nitrogen and oxygen atoms in total. The first-order valence-corrected chi connectivity index (χ1v) is 7.25. The van der Waals surface area contributed by atoms with Crippen LogP contribution in [-0.4, -0.2) is 37.5 Å². The van der Waals surface area contributed by atoms with Crippen molar-refractivity contribution in [1.29, 1.82) is 0 Å². The van der Waals surface area contributed by atoms with Gasteiger partial charge in [-0.15, -0.1) is 0 Å². The number of hydrogen-bond acceptors (Lipinski definition) is 4. The highest BCUT2D eigenvalue weighted by atomic mass is 16.5. The molecule has 0 saturated carbocycles. The number of methoxy groups -OCH3 is 1. The second-order valence-electron chi connectivity index (χ2n) is 5.32. The zero-order chi connectivity index (χ0) is 15.2. The number of ether oxygens (including phenoxy) is 3. The zero-order valence-electron chi connectivity index (χ0n) is 12.5. The molecule has 1 atom stereocenters. The van der Waals surface area contributed by atoms with Gasteiger partial charge in [-0.05, 0) is 18.1 Å². The Bertz CT molecular complexity index is 480. The van der Waals surface area contributed by atoms with Gasteiger partial charge in [0.05, 0.1) is 26.2 Å². The summed E-state index contributed by atoms with van der Waals surface area (Å²) in [6.45, 7) is 3.11. The average molecular weight is 294 g/mol. The number of para-hydroxylation sites is 1. The van der Waals surface area contributed by atoms with Crippen molar-refractivity contribution in [1.82, 2.24) is 0 Å². The van der Waals surface area contributed by atoms with Crippen molar-refractivity contribution in [2.24, 2.45) is 5.92 Å². The predicted molar refractivity (Wildman–Crippen MR) is 78.0 cm³/mol. The highest BCUT2D eigenvalue weighted by molar-refractivity contribution is 5.70. The van der Waals surface area contributed by atoms with Gasteiger partial charge in [-0.1, -0.05) is 19.1 Å². The van der Waals surface area contributed by atoms with Gasteiger partial charge in [0.25, 0.3) is 0 Å². The first-order valence-electron chi connectivity index (χ1n) is 7.25. The molecule has 1 aromatic carbocycles. The Hall–Kier alpha value is -1.75. The van der Waals surface area contributed by atoms with Gasteiger partial charge in [-0.25, -0.2) is 0 Å². The number of rotatable bonds is 6. The Morgan fingerprint density at radius 2 is 2.14 bits per heavy atom. The van der Waals surface area contributed by atoms with Crippen LogP contribution >= 0.6 is 0 Å². The fourth-order valence-electron chi connectivity index (χ4n) is 2.44. The topological polar surface area (TPSA) is 65.0 Å². The maximum absolute atomic E-state index is 11.0. The Labute approximate surface area is 124 Å². The molecule has 1 aliphatic heterocycles. The van der Waals surface area contributed by atoms with E-state index in [9.17, 15) is 4.79 Å². The van der Waals surface area contributed by atoms with Crippen molar-refractivity contribution in [2.75, 3.05) is 20.3 Å². The van der Waals surface area contributed by atoms with E-state index in [1.165, 1.54) is 0 Å². The maximum atomic E-state index is 11.0. The molecular weight excluding hydrogens is 272 g/mol. The maximum Gasteiger partial charge on any atom is 0.306 e. The summed E-state index contributed by atoms with van der Waals surface area (Å²) in [6, 6.07) is 5.62. The number of hydrogen-bond donors (Lipinski definition) is 1. The third-order valence-electron chi connectivity index (χ3n) is 3.67. The van der Waals surface area contributed by atoms with Crippen LogP contribution in [0.15, 0.2) is 18.2 Å². The van der Waals surface area contributed by atoms with E-state index < -0.39 is 11.9 Å². The van der Waals surface area contributed by atoms with Crippen molar-refractivity contribution >= 4 is 5.97 Å². The largest absolute Gasteiger partial charge is 0.493 e. The molecule has 0 amide bonds. The summed E-state index contributed by atoms with van der Waals surface area (Å²) >= 11 is 0. The van der Waals surface area contributed by atoms with Gasteiger partial charge in [-0.2, -0.15) is 0 Å². The van der Waals surface area contributed by atoms with E-state index in [4.69, 9.17) is 19.3 Å². The van der Waals surface area contributed by atoms with Gasteiger partial charge in [0.15, 0.2) is 11.5 Å². The van der Waals surface area contributed by atoms with Crippen LogP contribution in [0.1, 0.15) is 25.3 Å². The zero-order valence-corrected chi connectivity index (χ0v) is 12.5. The SMILES string of the molecule is COc1c(CC(C)C(=O)O)cccc1OC1CCOCC1. The molecule has 5 heteroatoms. The minimum atomic E-state index is -0.812. The van der Waals surface area contributed by atoms with E-state index in [2.05, 4.69) is 0 Å².